The zero-order chi connectivity index (χ0) is 27.0. The van der Waals surface area contributed by atoms with Crippen LogP contribution in [0.15, 0.2) is 48.5 Å². The molecule has 2 aromatic carbocycles. The quantitative estimate of drug-likeness (QED) is 0.441. The summed E-state index contributed by atoms with van der Waals surface area (Å²) in [7, 11) is -3.78. The van der Waals surface area contributed by atoms with Crippen LogP contribution in [-0.4, -0.2) is 56.6 Å². The van der Waals surface area contributed by atoms with Gasteiger partial charge in [-0.1, -0.05) is 68.1 Å². The molecule has 3 rings (SSSR count). The van der Waals surface area contributed by atoms with E-state index in [-0.39, 0.29) is 11.9 Å². The van der Waals surface area contributed by atoms with Crippen molar-refractivity contribution in [3.05, 3.63) is 64.7 Å². The first kappa shape index (κ1) is 29.0. The Bertz CT molecular complexity index is 1170. The van der Waals surface area contributed by atoms with Gasteiger partial charge in [0.05, 0.1) is 11.9 Å². The first-order valence-electron chi connectivity index (χ1n) is 13.0. The molecule has 2 aromatic rings. The predicted molar refractivity (Wildman–Crippen MR) is 149 cm³/mol. The molecule has 0 unspecified atom stereocenters. The van der Waals surface area contributed by atoms with Gasteiger partial charge in [-0.2, -0.15) is 0 Å². The van der Waals surface area contributed by atoms with Gasteiger partial charge in [-0.15, -0.1) is 0 Å². The minimum absolute atomic E-state index is 0.116. The molecule has 0 saturated heterocycles. The first-order valence-corrected chi connectivity index (χ1v) is 15.2. The molecule has 0 bridgehead atoms. The third kappa shape index (κ3) is 8.20. The molecule has 0 spiro atoms. The number of rotatable bonds is 11. The molecule has 0 aliphatic heterocycles. The van der Waals surface area contributed by atoms with Crippen molar-refractivity contribution in [2.45, 2.75) is 70.9 Å². The van der Waals surface area contributed by atoms with Crippen molar-refractivity contribution in [2.75, 3.05) is 23.7 Å². The Hall–Kier alpha value is -2.58. The maximum absolute atomic E-state index is 13.8. The van der Waals surface area contributed by atoms with Crippen LogP contribution in [0, 0.1) is 6.92 Å². The van der Waals surface area contributed by atoms with Crippen LogP contribution in [0.25, 0.3) is 0 Å². The fourth-order valence-corrected chi connectivity index (χ4v) is 6.07. The summed E-state index contributed by atoms with van der Waals surface area (Å²) in [5.41, 5.74) is 2.07. The van der Waals surface area contributed by atoms with Crippen LogP contribution in [0.5, 0.6) is 0 Å². The lowest BCUT2D eigenvalue weighted by molar-refractivity contribution is -0.140. The molecular weight excluding hydrogens is 510 g/mol. The zero-order valence-corrected chi connectivity index (χ0v) is 23.5. The summed E-state index contributed by atoms with van der Waals surface area (Å²) in [4.78, 5) is 28.7. The molecule has 1 aliphatic rings. The number of carbonyl (C=O) groups excluding carboxylic acids is 2. The van der Waals surface area contributed by atoms with E-state index in [0.29, 0.717) is 35.7 Å². The zero-order valence-electron chi connectivity index (χ0n) is 22.0. The highest BCUT2D eigenvalue weighted by molar-refractivity contribution is 7.92. The Balaban J connectivity index is 1.88. The molecule has 37 heavy (non-hydrogen) atoms. The van der Waals surface area contributed by atoms with E-state index in [9.17, 15) is 18.0 Å². The van der Waals surface area contributed by atoms with E-state index in [1.807, 2.05) is 37.3 Å². The molecule has 1 atom stereocenters. The van der Waals surface area contributed by atoms with E-state index in [0.717, 1.165) is 41.8 Å². The van der Waals surface area contributed by atoms with Gasteiger partial charge in [0.15, 0.2) is 0 Å². The van der Waals surface area contributed by atoms with Gasteiger partial charge in [-0.3, -0.25) is 13.9 Å². The monoisotopic (exact) mass is 547 g/mol. The second-order valence-electron chi connectivity index (χ2n) is 9.79. The Morgan fingerprint density at radius 1 is 1.08 bits per heavy atom. The molecule has 0 aromatic heterocycles. The summed E-state index contributed by atoms with van der Waals surface area (Å²) >= 11 is 6.08. The number of aryl methyl sites for hydroxylation is 1. The lowest BCUT2D eigenvalue weighted by Crippen LogP contribution is -2.54. The van der Waals surface area contributed by atoms with E-state index in [2.05, 4.69) is 5.32 Å². The molecule has 9 heteroatoms. The Morgan fingerprint density at radius 3 is 2.35 bits per heavy atom. The normalized spacial score (nSPS) is 15.1. The third-order valence-electron chi connectivity index (χ3n) is 6.93. The fourth-order valence-electron chi connectivity index (χ4n) is 4.93. The van der Waals surface area contributed by atoms with Crippen molar-refractivity contribution < 1.29 is 18.0 Å². The van der Waals surface area contributed by atoms with E-state index in [1.165, 1.54) is 6.42 Å². The maximum atomic E-state index is 13.8. The maximum Gasteiger partial charge on any atom is 0.244 e. The Labute approximate surface area is 226 Å². The number of sulfonamides is 1. The summed E-state index contributed by atoms with van der Waals surface area (Å²) in [6.07, 6.45) is 7.29. The average molecular weight is 548 g/mol. The van der Waals surface area contributed by atoms with Crippen LogP contribution in [0.3, 0.4) is 0 Å². The number of halogens is 1. The minimum Gasteiger partial charge on any atom is -0.352 e. The molecule has 2 amide bonds. The van der Waals surface area contributed by atoms with Gasteiger partial charge < -0.3 is 10.2 Å². The Kier molecular flexibility index (Phi) is 10.4. The minimum atomic E-state index is -3.78. The molecule has 0 heterocycles. The smallest absolute Gasteiger partial charge is 0.244 e. The van der Waals surface area contributed by atoms with Gasteiger partial charge in [-0.25, -0.2) is 8.42 Å². The summed E-state index contributed by atoms with van der Waals surface area (Å²) in [6.45, 7) is 3.54. The SMILES string of the molecule is CC[C@@H](C(=O)NC1CCCCC1)N(CCc1ccccc1)C(=O)CN(c1ccc(Cl)cc1C)S(C)(=O)=O. The van der Waals surface area contributed by atoms with Crippen LogP contribution < -0.4 is 9.62 Å². The van der Waals surface area contributed by atoms with E-state index < -0.39 is 28.5 Å². The van der Waals surface area contributed by atoms with Gasteiger partial charge in [0.25, 0.3) is 0 Å². The van der Waals surface area contributed by atoms with E-state index >= 15 is 0 Å². The van der Waals surface area contributed by atoms with Gasteiger partial charge in [0, 0.05) is 17.6 Å². The topological polar surface area (TPSA) is 86.8 Å². The highest BCUT2D eigenvalue weighted by Gasteiger charge is 2.32. The number of nitrogens with zero attached hydrogens (tertiary/aromatic N) is 2. The second-order valence-corrected chi connectivity index (χ2v) is 12.1. The molecule has 202 valence electrons. The van der Waals surface area contributed by atoms with Crippen molar-refractivity contribution in [3.8, 4) is 0 Å². The van der Waals surface area contributed by atoms with E-state index in [4.69, 9.17) is 11.6 Å². The third-order valence-corrected chi connectivity index (χ3v) is 8.29. The summed E-state index contributed by atoms with van der Waals surface area (Å²) in [6, 6.07) is 14.1. The van der Waals surface area contributed by atoms with Crippen LogP contribution in [0.1, 0.15) is 56.6 Å². The van der Waals surface area contributed by atoms with Gasteiger partial charge >= 0.3 is 0 Å². The lowest BCUT2D eigenvalue weighted by atomic mass is 9.95. The predicted octanol–water partition coefficient (Wildman–Crippen LogP) is 4.71. The first-order chi connectivity index (χ1) is 17.6. The van der Waals surface area contributed by atoms with Crippen LogP contribution in [0.2, 0.25) is 5.02 Å². The van der Waals surface area contributed by atoms with Gasteiger partial charge in [0.2, 0.25) is 21.8 Å². The molecule has 1 fully saturated rings. The van der Waals surface area contributed by atoms with Crippen LogP contribution >= 0.6 is 11.6 Å². The van der Waals surface area contributed by atoms with Crippen LogP contribution in [-0.2, 0) is 26.0 Å². The molecule has 1 aliphatic carbocycles. The lowest BCUT2D eigenvalue weighted by Gasteiger charge is -2.34. The van der Waals surface area contributed by atoms with Crippen molar-refractivity contribution in [1.82, 2.24) is 10.2 Å². The number of hydrogen-bond donors (Lipinski definition) is 1. The number of anilines is 1. The number of amides is 2. The molecule has 7 nitrogen and oxygen atoms in total. The second kappa shape index (κ2) is 13.3. The molecule has 1 N–H and O–H groups in total. The number of benzene rings is 2. The highest BCUT2D eigenvalue weighted by atomic mass is 35.5. The number of nitrogens with one attached hydrogen (secondary N) is 1. The Morgan fingerprint density at radius 2 is 1.76 bits per heavy atom. The largest absolute Gasteiger partial charge is 0.352 e. The highest BCUT2D eigenvalue weighted by Crippen LogP contribution is 2.26. The summed E-state index contributed by atoms with van der Waals surface area (Å²) in [5.74, 6) is -0.592. The molecular formula is C28H38ClN3O4S. The van der Waals surface area contributed by atoms with E-state index in [1.54, 1.807) is 30.0 Å². The fraction of sp³-hybridized carbons (Fsp3) is 0.500. The van der Waals surface area contributed by atoms with Gasteiger partial charge in [-0.05, 0) is 61.9 Å². The van der Waals surface area contributed by atoms with Crippen molar-refractivity contribution in [3.63, 3.8) is 0 Å². The van der Waals surface area contributed by atoms with Crippen molar-refractivity contribution >= 4 is 39.1 Å². The van der Waals surface area contributed by atoms with Crippen molar-refractivity contribution in [2.24, 2.45) is 0 Å². The van der Waals surface area contributed by atoms with Crippen molar-refractivity contribution in [1.29, 1.82) is 0 Å². The molecule has 0 radical (unpaired) electrons. The number of carbonyl (C=O) groups is 2. The standard InChI is InChI=1S/C28H38ClN3O4S/c1-4-25(28(34)30-24-13-9-6-10-14-24)31(18-17-22-11-7-5-8-12-22)27(33)20-32(37(3,35)36)26-16-15-23(29)19-21(26)2/h5,7-8,11-12,15-16,19,24-25H,4,6,9-10,13-14,17-18,20H2,1-3H3,(H,30,34)/t25-/m0/s1. The summed E-state index contributed by atoms with van der Waals surface area (Å²) in [5, 5.41) is 3.64. The van der Waals surface area contributed by atoms with Gasteiger partial charge in [0.1, 0.15) is 12.6 Å². The summed E-state index contributed by atoms with van der Waals surface area (Å²) < 4.78 is 26.7. The average Bonchev–Trinajstić information content (AvgIpc) is 2.86. The molecule has 1 saturated carbocycles. The number of hydrogen-bond acceptors (Lipinski definition) is 4. The van der Waals surface area contributed by atoms with Crippen LogP contribution in [0.4, 0.5) is 5.69 Å².